The van der Waals surface area contributed by atoms with Crippen molar-refractivity contribution in [3.63, 3.8) is 0 Å². The highest BCUT2D eigenvalue weighted by Gasteiger charge is 2.23. The predicted octanol–water partition coefficient (Wildman–Crippen LogP) is 4.92. The Labute approximate surface area is 185 Å². The van der Waals surface area contributed by atoms with Gasteiger partial charge in [0.05, 0.1) is 29.1 Å². The van der Waals surface area contributed by atoms with Crippen molar-refractivity contribution >= 4 is 56.6 Å². The number of anilines is 2. The van der Waals surface area contributed by atoms with Gasteiger partial charge in [0.25, 0.3) is 0 Å². The van der Waals surface area contributed by atoms with Gasteiger partial charge >= 0.3 is 0 Å². The third-order valence-corrected chi connectivity index (χ3v) is 5.80. The molecule has 0 bridgehead atoms. The van der Waals surface area contributed by atoms with E-state index in [0.717, 1.165) is 33.1 Å². The summed E-state index contributed by atoms with van der Waals surface area (Å²) in [6.07, 6.45) is 3.33. The Morgan fingerprint density at radius 1 is 1.14 bits per heavy atom. The minimum atomic E-state index is 0.0968. The van der Waals surface area contributed by atoms with Crippen LogP contribution in [0.4, 0.5) is 11.5 Å². The first-order chi connectivity index (χ1) is 14.2. The van der Waals surface area contributed by atoms with Gasteiger partial charge in [0, 0.05) is 16.4 Å². The standard InChI is InChI=1S/C20H17ClIN3O4/c21-13-1-2-15-19(28-10-27-15)18(13)25-20-17-14(23-9-24-20)7-11(22)8-16(17)29-12-3-5-26-6-4-12/h1-2,7-9,12H,3-6,10H2,(H,23,24,25). The van der Waals surface area contributed by atoms with Crippen molar-refractivity contribution in [3.8, 4) is 17.2 Å². The molecular formula is C20H17ClIN3O4. The summed E-state index contributed by atoms with van der Waals surface area (Å²) in [7, 11) is 0. The molecule has 9 heteroatoms. The fourth-order valence-corrected chi connectivity index (χ4v) is 4.24. The third kappa shape index (κ3) is 3.76. The molecule has 0 aliphatic carbocycles. The number of benzene rings is 2. The van der Waals surface area contributed by atoms with E-state index in [4.69, 9.17) is 30.5 Å². The van der Waals surface area contributed by atoms with Crippen LogP contribution < -0.4 is 19.5 Å². The molecule has 3 aromatic rings. The molecule has 0 unspecified atom stereocenters. The lowest BCUT2D eigenvalue weighted by atomic mass is 10.1. The topological polar surface area (TPSA) is 74.7 Å². The van der Waals surface area contributed by atoms with Crippen molar-refractivity contribution in [1.29, 1.82) is 0 Å². The molecule has 0 spiro atoms. The zero-order chi connectivity index (χ0) is 19.8. The lowest BCUT2D eigenvalue weighted by Crippen LogP contribution is -2.26. The van der Waals surface area contributed by atoms with Crippen LogP contribution in [0.5, 0.6) is 17.2 Å². The van der Waals surface area contributed by atoms with Crippen LogP contribution >= 0.6 is 34.2 Å². The Kier molecular flexibility index (Phi) is 5.23. The number of rotatable bonds is 4. The first-order valence-electron chi connectivity index (χ1n) is 9.23. The monoisotopic (exact) mass is 525 g/mol. The van der Waals surface area contributed by atoms with E-state index in [1.807, 2.05) is 12.1 Å². The van der Waals surface area contributed by atoms with Gasteiger partial charge in [-0.05, 0) is 46.9 Å². The smallest absolute Gasteiger partial charge is 0.231 e. The second-order valence-corrected chi connectivity index (χ2v) is 8.38. The normalized spacial score (nSPS) is 16.2. The zero-order valence-electron chi connectivity index (χ0n) is 15.3. The number of ether oxygens (including phenoxy) is 4. The Bertz CT molecular complexity index is 1080. The summed E-state index contributed by atoms with van der Waals surface area (Å²) >= 11 is 8.71. The van der Waals surface area contributed by atoms with Crippen molar-refractivity contribution in [2.75, 3.05) is 25.3 Å². The fourth-order valence-electron chi connectivity index (χ4n) is 3.47. The zero-order valence-corrected chi connectivity index (χ0v) is 18.2. The molecule has 2 aliphatic rings. The number of hydrogen-bond donors (Lipinski definition) is 1. The Morgan fingerprint density at radius 3 is 2.86 bits per heavy atom. The number of nitrogens with one attached hydrogen (secondary N) is 1. The molecular weight excluding hydrogens is 509 g/mol. The average Bonchev–Trinajstić information content (AvgIpc) is 3.20. The van der Waals surface area contributed by atoms with Crippen molar-refractivity contribution in [2.45, 2.75) is 18.9 Å². The van der Waals surface area contributed by atoms with Crippen LogP contribution in [0, 0.1) is 3.57 Å². The molecule has 29 heavy (non-hydrogen) atoms. The van der Waals surface area contributed by atoms with E-state index in [2.05, 4.69) is 37.9 Å². The Hall–Kier alpha value is -2.04. The Morgan fingerprint density at radius 2 is 2.00 bits per heavy atom. The summed E-state index contributed by atoms with van der Waals surface area (Å²) in [4.78, 5) is 8.91. The quantitative estimate of drug-likeness (QED) is 0.485. The largest absolute Gasteiger partial charge is 0.489 e. The van der Waals surface area contributed by atoms with Gasteiger partial charge in [-0.25, -0.2) is 9.97 Å². The maximum atomic E-state index is 6.44. The van der Waals surface area contributed by atoms with Crippen molar-refractivity contribution in [3.05, 3.63) is 39.2 Å². The molecule has 1 N–H and O–H groups in total. The van der Waals surface area contributed by atoms with Crippen LogP contribution in [0.3, 0.4) is 0 Å². The second kappa shape index (κ2) is 8.00. The molecule has 2 aliphatic heterocycles. The minimum Gasteiger partial charge on any atom is -0.489 e. The first-order valence-corrected chi connectivity index (χ1v) is 10.7. The van der Waals surface area contributed by atoms with E-state index in [1.165, 1.54) is 6.33 Å². The highest BCUT2D eigenvalue weighted by molar-refractivity contribution is 14.1. The van der Waals surface area contributed by atoms with Crippen molar-refractivity contribution in [2.24, 2.45) is 0 Å². The maximum absolute atomic E-state index is 6.44. The van der Waals surface area contributed by atoms with E-state index < -0.39 is 0 Å². The van der Waals surface area contributed by atoms with E-state index in [9.17, 15) is 0 Å². The summed E-state index contributed by atoms with van der Waals surface area (Å²) in [5, 5.41) is 4.63. The number of fused-ring (bicyclic) bond motifs is 2. The van der Waals surface area contributed by atoms with Crippen LogP contribution in [0.15, 0.2) is 30.6 Å². The summed E-state index contributed by atoms with van der Waals surface area (Å²) in [5.41, 5.74) is 1.40. The molecule has 0 saturated carbocycles. The Balaban J connectivity index is 1.59. The molecule has 1 aromatic heterocycles. The van der Waals surface area contributed by atoms with Gasteiger partial charge in [-0.15, -0.1) is 0 Å². The lowest BCUT2D eigenvalue weighted by molar-refractivity contribution is 0.0261. The van der Waals surface area contributed by atoms with Gasteiger partial charge in [-0.3, -0.25) is 0 Å². The highest BCUT2D eigenvalue weighted by Crippen LogP contribution is 2.45. The van der Waals surface area contributed by atoms with Gasteiger partial charge in [-0.2, -0.15) is 0 Å². The van der Waals surface area contributed by atoms with Crippen LogP contribution in [0.25, 0.3) is 10.9 Å². The van der Waals surface area contributed by atoms with E-state index in [1.54, 1.807) is 12.1 Å². The van der Waals surface area contributed by atoms with Crippen molar-refractivity contribution < 1.29 is 18.9 Å². The average molecular weight is 526 g/mol. The van der Waals surface area contributed by atoms with Crippen LogP contribution in [-0.4, -0.2) is 36.1 Å². The summed E-state index contributed by atoms with van der Waals surface area (Å²) < 4.78 is 23.9. The molecule has 3 heterocycles. The number of aromatic nitrogens is 2. The maximum Gasteiger partial charge on any atom is 0.231 e. The van der Waals surface area contributed by atoms with Gasteiger partial charge in [0.1, 0.15) is 29.7 Å². The van der Waals surface area contributed by atoms with Gasteiger partial charge in [-0.1, -0.05) is 11.6 Å². The van der Waals surface area contributed by atoms with Gasteiger partial charge < -0.3 is 24.3 Å². The number of halogens is 2. The molecule has 7 nitrogen and oxygen atoms in total. The molecule has 0 atom stereocenters. The highest BCUT2D eigenvalue weighted by atomic mass is 127. The third-order valence-electron chi connectivity index (χ3n) is 4.86. The SMILES string of the molecule is Clc1ccc2c(c1Nc1ncnc3cc(I)cc(OC4CCOCC4)c13)OCO2. The molecule has 0 radical (unpaired) electrons. The van der Waals surface area contributed by atoms with E-state index in [-0.39, 0.29) is 12.9 Å². The minimum absolute atomic E-state index is 0.0968. The molecule has 1 saturated heterocycles. The van der Waals surface area contributed by atoms with Gasteiger partial charge in [0.15, 0.2) is 11.5 Å². The summed E-state index contributed by atoms with van der Waals surface area (Å²) in [6, 6.07) is 7.55. The predicted molar refractivity (Wildman–Crippen MR) is 118 cm³/mol. The summed E-state index contributed by atoms with van der Waals surface area (Å²) in [6.45, 7) is 1.57. The molecule has 1 fully saturated rings. The fraction of sp³-hybridized carbons (Fsp3) is 0.300. The second-order valence-electron chi connectivity index (χ2n) is 6.73. The van der Waals surface area contributed by atoms with E-state index >= 15 is 0 Å². The van der Waals surface area contributed by atoms with Crippen LogP contribution in [0.1, 0.15) is 12.8 Å². The van der Waals surface area contributed by atoms with Crippen LogP contribution in [0.2, 0.25) is 5.02 Å². The molecule has 5 rings (SSSR count). The number of hydrogen-bond acceptors (Lipinski definition) is 7. The van der Waals surface area contributed by atoms with E-state index in [0.29, 0.717) is 41.2 Å². The van der Waals surface area contributed by atoms with Crippen molar-refractivity contribution in [1.82, 2.24) is 9.97 Å². The van der Waals surface area contributed by atoms with Gasteiger partial charge in [0.2, 0.25) is 6.79 Å². The first kappa shape index (κ1) is 19.0. The molecule has 150 valence electrons. The number of nitrogens with zero attached hydrogens (tertiary/aromatic N) is 2. The lowest BCUT2D eigenvalue weighted by Gasteiger charge is -2.24. The summed E-state index contributed by atoms with van der Waals surface area (Å²) in [5.74, 6) is 2.55. The molecule has 2 aromatic carbocycles. The molecule has 0 amide bonds. The van der Waals surface area contributed by atoms with Crippen LogP contribution in [-0.2, 0) is 4.74 Å².